The lowest BCUT2D eigenvalue weighted by Crippen LogP contribution is -2.22. The van der Waals surface area contributed by atoms with Gasteiger partial charge in [-0.25, -0.2) is 18.4 Å². The standard InChI is InChI=1S/C12H13ClN4O2S2/c13-12-15-8-10(20-12)21(18,19)16-9-4-3-5-14-11(9)17-6-1-2-7-17/h3-5,8,16H,1-2,6-7H2. The molecule has 21 heavy (non-hydrogen) atoms. The number of pyridine rings is 1. The van der Waals surface area contributed by atoms with E-state index in [2.05, 4.69) is 19.6 Å². The predicted molar refractivity (Wildman–Crippen MR) is 83.6 cm³/mol. The fraction of sp³-hybridized carbons (Fsp3) is 0.333. The zero-order valence-electron chi connectivity index (χ0n) is 11.0. The third kappa shape index (κ3) is 3.12. The van der Waals surface area contributed by atoms with Gasteiger partial charge in [-0.15, -0.1) is 0 Å². The summed E-state index contributed by atoms with van der Waals surface area (Å²) in [5.74, 6) is 0.661. The Morgan fingerprint density at radius 3 is 2.71 bits per heavy atom. The Kier molecular flexibility index (Phi) is 4.01. The second-order valence-corrected chi connectivity index (χ2v) is 8.13. The van der Waals surface area contributed by atoms with E-state index in [9.17, 15) is 8.42 Å². The van der Waals surface area contributed by atoms with Crippen molar-refractivity contribution in [3.63, 3.8) is 0 Å². The molecule has 0 radical (unpaired) electrons. The van der Waals surface area contributed by atoms with Crippen LogP contribution in [0.1, 0.15) is 12.8 Å². The second-order valence-electron chi connectivity index (χ2n) is 4.61. The first kappa shape index (κ1) is 14.6. The van der Waals surface area contributed by atoms with Gasteiger partial charge in [0, 0.05) is 19.3 Å². The van der Waals surface area contributed by atoms with Crippen molar-refractivity contribution in [3.8, 4) is 0 Å². The summed E-state index contributed by atoms with van der Waals surface area (Å²) in [5.41, 5.74) is 0.476. The van der Waals surface area contributed by atoms with Gasteiger partial charge in [0.15, 0.2) is 14.5 Å². The number of halogens is 1. The van der Waals surface area contributed by atoms with Crippen LogP contribution in [-0.2, 0) is 10.0 Å². The summed E-state index contributed by atoms with van der Waals surface area (Å²) in [6.45, 7) is 1.77. The number of nitrogens with zero attached hydrogens (tertiary/aromatic N) is 3. The first-order valence-electron chi connectivity index (χ1n) is 6.40. The van der Waals surface area contributed by atoms with Gasteiger partial charge < -0.3 is 4.90 Å². The van der Waals surface area contributed by atoms with Crippen molar-refractivity contribution in [3.05, 3.63) is 29.0 Å². The van der Waals surface area contributed by atoms with E-state index in [0.717, 1.165) is 37.3 Å². The molecule has 6 nitrogen and oxygen atoms in total. The van der Waals surface area contributed by atoms with Crippen LogP contribution >= 0.6 is 22.9 Å². The van der Waals surface area contributed by atoms with Crippen LogP contribution in [0.15, 0.2) is 28.7 Å². The molecule has 112 valence electrons. The van der Waals surface area contributed by atoms with E-state index in [0.29, 0.717) is 11.5 Å². The molecule has 9 heteroatoms. The molecule has 0 amide bonds. The summed E-state index contributed by atoms with van der Waals surface area (Å²) in [6.07, 6.45) is 5.09. The lowest BCUT2D eigenvalue weighted by molar-refractivity contribution is 0.603. The average Bonchev–Trinajstić information content (AvgIpc) is 3.10. The molecule has 1 N–H and O–H groups in total. The summed E-state index contributed by atoms with van der Waals surface area (Å²) in [4.78, 5) is 10.1. The monoisotopic (exact) mass is 344 g/mol. The Hall–Kier alpha value is -1.38. The fourth-order valence-electron chi connectivity index (χ4n) is 2.22. The highest BCUT2D eigenvalue weighted by atomic mass is 35.5. The number of rotatable bonds is 4. The van der Waals surface area contributed by atoms with Gasteiger partial charge in [0.05, 0.1) is 11.9 Å². The number of sulfonamides is 1. The molecule has 0 saturated carbocycles. The van der Waals surface area contributed by atoms with Gasteiger partial charge in [0.2, 0.25) is 0 Å². The highest BCUT2D eigenvalue weighted by Crippen LogP contribution is 2.30. The van der Waals surface area contributed by atoms with Crippen molar-refractivity contribution in [2.45, 2.75) is 17.1 Å². The molecule has 0 spiro atoms. The minimum atomic E-state index is -3.69. The Morgan fingerprint density at radius 2 is 2.05 bits per heavy atom. The summed E-state index contributed by atoms with van der Waals surface area (Å²) < 4.78 is 27.5. The SMILES string of the molecule is O=S(=O)(Nc1cccnc1N1CCCC1)c1cnc(Cl)s1. The average molecular weight is 345 g/mol. The zero-order valence-corrected chi connectivity index (χ0v) is 13.4. The highest BCUT2D eigenvalue weighted by molar-refractivity contribution is 7.94. The molecule has 0 aromatic carbocycles. The summed E-state index contributed by atoms with van der Waals surface area (Å²) in [7, 11) is -3.69. The van der Waals surface area contributed by atoms with Crippen molar-refractivity contribution in [1.29, 1.82) is 0 Å². The van der Waals surface area contributed by atoms with Crippen LogP contribution in [0, 0.1) is 0 Å². The fourth-order valence-corrected chi connectivity index (χ4v) is 4.57. The van der Waals surface area contributed by atoms with Gasteiger partial charge in [0.25, 0.3) is 10.0 Å². The van der Waals surface area contributed by atoms with Gasteiger partial charge >= 0.3 is 0 Å². The number of hydrogen-bond donors (Lipinski definition) is 1. The lowest BCUT2D eigenvalue weighted by Gasteiger charge is -2.20. The molecule has 2 aromatic heterocycles. The van der Waals surface area contributed by atoms with Crippen molar-refractivity contribution in [1.82, 2.24) is 9.97 Å². The quantitative estimate of drug-likeness (QED) is 0.922. The maximum atomic E-state index is 12.3. The van der Waals surface area contributed by atoms with E-state index >= 15 is 0 Å². The molecule has 3 heterocycles. The normalized spacial score (nSPS) is 15.4. The minimum absolute atomic E-state index is 0.0868. The molecule has 0 aliphatic carbocycles. The van der Waals surface area contributed by atoms with Gasteiger partial charge in [-0.2, -0.15) is 0 Å². The van der Waals surface area contributed by atoms with Crippen LogP contribution in [-0.4, -0.2) is 31.5 Å². The predicted octanol–water partition coefficient (Wildman–Crippen LogP) is 2.59. The number of anilines is 2. The topological polar surface area (TPSA) is 75.2 Å². The van der Waals surface area contributed by atoms with Gasteiger partial charge in [-0.3, -0.25) is 4.72 Å². The molecule has 1 saturated heterocycles. The van der Waals surface area contributed by atoms with Crippen molar-refractivity contribution >= 4 is 44.5 Å². The van der Waals surface area contributed by atoms with Crippen LogP contribution in [0.2, 0.25) is 4.47 Å². The molecule has 0 unspecified atom stereocenters. The van der Waals surface area contributed by atoms with Gasteiger partial charge in [-0.05, 0) is 25.0 Å². The number of thiazole rings is 1. The van der Waals surface area contributed by atoms with Gasteiger partial charge in [0.1, 0.15) is 0 Å². The molecule has 1 aliphatic rings. The lowest BCUT2D eigenvalue weighted by atomic mass is 10.4. The molecule has 3 rings (SSSR count). The second kappa shape index (κ2) is 5.78. The van der Waals surface area contributed by atoms with E-state index in [4.69, 9.17) is 11.6 Å². The third-order valence-electron chi connectivity index (χ3n) is 3.16. The van der Waals surface area contributed by atoms with E-state index in [-0.39, 0.29) is 8.68 Å². The van der Waals surface area contributed by atoms with E-state index in [1.807, 2.05) is 0 Å². The zero-order chi connectivity index (χ0) is 14.9. The van der Waals surface area contributed by atoms with Crippen LogP contribution < -0.4 is 9.62 Å². The molecule has 2 aromatic rings. The highest BCUT2D eigenvalue weighted by Gasteiger charge is 2.22. The molecule has 1 fully saturated rings. The van der Waals surface area contributed by atoms with Crippen LogP contribution in [0.25, 0.3) is 0 Å². The molecular formula is C12H13ClN4O2S2. The first-order chi connectivity index (χ1) is 10.1. The van der Waals surface area contributed by atoms with E-state index in [1.54, 1.807) is 18.3 Å². The Balaban J connectivity index is 1.91. The largest absolute Gasteiger partial charge is 0.355 e. The van der Waals surface area contributed by atoms with Crippen molar-refractivity contribution < 1.29 is 8.42 Å². The first-order valence-corrected chi connectivity index (χ1v) is 9.08. The van der Waals surface area contributed by atoms with Crippen LogP contribution in [0.4, 0.5) is 11.5 Å². The van der Waals surface area contributed by atoms with Crippen molar-refractivity contribution in [2.75, 3.05) is 22.7 Å². The molecule has 1 aliphatic heterocycles. The smallest absolute Gasteiger partial charge is 0.273 e. The van der Waals surface area contributed by atoms with Crippen LogP contribution in [0.5, 0.6) is 0 Å². The molecule has 0 bridgehead atoms. The summed E-state index contributed by atoms with van der Waals surface area (Å²) in [5, 5.41) is 0. The summed E-state index contributed by atoms with van der Waals surface area (Å²) in [6, 6.07) is 3.41. The van der Waals surface area contributed by atoms with E-state index < -0.39 is 10.0 Å². The van der Waals surface area contributed by atoms with Crippen molar-refractivity contribution in [2.24, 2.45) is 0 Å². The maximum absolute atomic E-state index is 12.3. The van der Waals surface area contributed by atoms with Crippen LogP contribution in [0.3, 0.4) is 0 Å². The Bertz CT molecular complexity index is 741. The maximum Gasteiger partial charge on any atom is 0.273 e. The Morgan fingerprint density at radius 1 is 1.29 bits per heavy atom. The summed E-state index contributed by atoms with van der Waals surface area (Å²) >= 11 is 6.62. The number of aromatic nitrogens is 2. The number of nitrogens with one attached hydrogen (secondary N) is 1. The van der Waals surface area contributed by atoms with E-state index in [1.165, 1.54) is 6.20 Å². The van der Waals surface area contributed by atoms with Gasteiger partial charge in [-0.1, -0.05) is 22.9 Å². The Labute approximate surface area is 131 Å². The third-order valence-corrected chi connectivity index (χ3v) is 6.10. The minimum Gasteiger partial charge on any atom is -0.355 e. The molecule has 0 atom stereocenters. The molecular weight excluding hydrogens is 332 g/mol. The number of hydrogen-bond acceptors (Lipinski definition) is 6.